The Balaban J connectivity index is 2.40. The summed E-state index contributed by atoms with van der Waals surface area (Å²) >= 11 is 1.12. The normalized spacial score (nSPS) is 11.5. The van der Waals surface area contributed by atoms with Gasteiger partial charge in [0, 0.05) is 6.20 Å². The lowest BCUT2D eigenvalue weighted by Crippen LogP contribution is -2.39. The molecule has 0 N–H and O–H groups in total. The number of thiazole rings is 1. The van der Waals surface area contributed by atoms with E-state index in [1.165, 1.54) is 18.3 Å². The maximum atomic E-state index is 12.8. The van der Waals surface area contributed by atoms with Crippen molar-refractivity contribution in [3.63, 3.8) is 0 Å². The number of hydrogen-bond donors (Lipinski definition) is 0. The number of carbonyl (C=O) groups excluding carboxylic acids is 1. The third kappa shape index (κ3) is 3.82. The fourth-order valence-electron chi connectivity index (χ4n) is 1.87. The quantitative estimate of drug-likeness (QED) is 0.861. The zero-order chi connectivity index (χ0) is 16.3. The number of amides is 1. The zero-order valence-corrected chi connectivity index (χ0v) is 12.8. The minimum Gasteiger partial charge on any atom is -0.283 e. The standard InChI is InChI=1S/C14H14F3N3OS/c1-3-11-19-9(2)12(22-11)13(21)20(8-14(15,16)17)10-6-4-5-7-18-10/h4-7H,3,8H2,1-2H3. The molecule has 0 unspecified atom stereocenters. The Hall–Kier alpha value is -1.96. The number of nitrogens with zero attached hydrogens (tertiary/aromatic N) is 3. The van der Waals surface area contributed by atoms with Gasteiger partial charge in [-0.15, -0.1) is 11.3 Å². The molecule has 0 saturated heterocycles. The summed E-state index contributed by atoms with van der Waals surface area (Å²) in [6, 6.07) is 4.49. The van der Waals surface area contributed by atoms with E-state index in [4.69, 9.17) is 0 Å². The van der Waals surface area contributed by atoms with Gasteiger partial charge in [-0.1, -0.05) is 13.0 Å². The van der Waals surface area contributed by atoms with Crippen molar-refractivity contribution in [3.8, 4) is 0 Å². The van der Waals surface area contributed by atoms with Crippen molar-refractivity contribution in [2.75, 3.05) is 11.4 Å². The smallest absolute Gasteiger partial charge is 0.283 e. The van der Waals surface area contributed by atoms with Crippen molar-refractivity contribution in [3.05, 3.63) is 40.0 Å². The summed E-state index contributed by atoms with van der Waals surface area (Å²) in [6.07, 6.45) is -2.54. The minimum atomic E-state index is -4.51. The molecule has 0 radical (unpaired) electrons. The Morgan fingerprint density at radius 1 is 1.36 bits per heavy atom. The Morgan fingerprint density at radius 3 is 2.59 bits per heavy atom. The average molecular weight is 329 g/mol. The van der Waals surface area contributed by atoms with Crippen LogP contribution in [0.3, 0.4) is 0 Å². The second kappa shape index (κ2) is 6.43. The van der Waals surface area contributed by atoms with Gasteiger partial charge >= 0.3 is 6.18 Å². The molecule has 8 heteroatoms. The predicted octanol–water partition coefficient (Wildman–Crippen LogP) is 3.62. The number of alkyl halides is 3. The fourth-order valence-corrected chi connectivity index (χ4v) is 2.83. The molecule has 2 aromatic heterocycles. The molecular weight excluding hydrogens is 315 g/mol. The lowest BCUT2D eigenvalue weighted by molar-refractivity contribution is -0.118. The van der Waals surface area contributed by atoms with Crippen LogP contribution in [0.4, 0.5) is 19.0 Å². The van der Waals surface area contributed by atoms with Gasteiger partial charge in [-0.25, -0.2) is 9.97 Å². The third-order valence-electron chi connectivity index (χ3n) is 2.85. The van der Waals surface area contributed by atoms with Crippen LogP contribution >= 0.6 is 11.3 Å². The second-order valence-corrected chi connectivity index (χ2v) is 5.65. The van der Waals surface area contributed by atoms with Crippen molar-refractivity contribution in [2.24, 2.45) is 0 Å². The summed E-state index contributed by atoms with van der Waals surface area (Å²) in [5, 5.41) is 0.717. The van der Waals surface area contributed by atoms with Crippen LogP contribution in [0.25, 0.3) is 0 Å². The van der Waals surface area contributed by atoms with E-state index < -0.39 is 18.6 Å². The highest BCUT2D eigenvalue weighted by atomic mass is 32.1. The molecule has 0 aliphatic carbocycles. The van der Waals surface area contributed by atoms with E-state index in [0.29, 0.717) is 22.0 Å². The fraction of sp³-hybridized carbons (Fsp3) is 0.357. The van der Waals surface area contributed by atoms with Crippen LogP contribution in [0.1, 0.15) is 27.3 Å². The molecule has 1 amide bonds. The number of halogens is 3. The Morgan fingerprint density at radius 2 is 2.09 bits per heavy atom. The first-order valence-corrected chi connectivity index (χ1v) is 7.39. The van der Waals surface area contributed by atoms with Crippen LogP contribution in [0.2, 0.25) is 0 Å². The summed E-state index contributed by atoms with van der Waals surface area (Å²) in [4.78, 5) is 21.4. The van der Waals surface area contributed by atoms with Crippen molar-refractivity contribution in [2.45, 2.75) is 26.4 Å². The second-order valence-electron chi connectivity index (χ2n) is 4.57. The Labute approximate surface area is 129 Å². The van der Waals surface area contributed by atoms with Gasteiger partial charge in [0.15, 0.2) is 0 Å². The molecule has 118 valence electrons. The molecule has 2 heterocycles. The van der Waals surface area contributed by atoms with Gasteiger partial charge in [0.2, 0.25) is 0 Å². The van der Waals surface area contributed by atoms with E-state index >= 15 is 0 Å². The first-order chi connectivity index (χ1) is 10.3. The number of aromatic nitrogens is 2. The molecule has 0 aliphatic rings. The molecule has 0 fully saturated rings. The molecule has 22 heavy (non-hydrogen) atoms. The summed E-state index contributed by atoms with van der Waals surface area (Å²) in [7, 11) is 0. The molecule has 0 aromatic carbocycles. The van der Waals surface area contributed by atoms with Gasteiger partial charge in [-0.3, -0.25) is 9.69 Å². The van der Waals surface area contributed by atoms with Gasteiger partial charge in [0.1, 0.15) is 17.2 Å². The van der Waals surface area contributed by atoms with E-state index in [-0.39, 0.29) is 10.7 Å². The number of rotatable bonds is 4. The lowest BCUT2D eigenvalue weighted by Gasteiger charge is -2.22. The molecule has 4 nitrogen and oxygen atoms in total. The molecule has 0 saturated carbocycles. The monoisotopic (exact) mass is 329 g/mol. The van der Waals surface area contributed by atoms with Gasteiger partial charge in [-0.05, 0) is 25.5 Å². The topological polar surface area (TPSA) is 46.1 Å². The first kappa shape index (κ1) is 16.4. The molecular formula is C14H14F3N3OS. The van der Waals surface area contributed by atoms with Gasteiger partial charge in [0.05, 0.1) is 10.7 Å². The van der Waals surface area contributed by atoms with E-state index in [0.717, 1.165) is 11.3 Å². The van der Waals surface area contributed by atoms with E-state index in [2.05, 4.69) is 9.97 Å². The van der Waals surface area contributed by atoms with Gasteiger partial charge in [-0.2, -0.15) is 13.2 Å². The van der Waals surface area contributed by atoms with Crippen LogP contribution in [-0.4, -0.2) is 28.6 Å². The Bertz CT molecular complexity index is 655. The highest BCUT2D eigenvalue weighted by Crippen LogP contribution is 2.26. The molecule has 2 aromatic rings. The predicted molar refractivity (Wildman–Crippen MR) is 78.2 cm³/mol. The lowest BCUT2D eigenvalue weighted by atomic mass is 10.3. The minimum absolute atomic E-state index is 0.0318. The number of carbonyl (C=O) groups is 1. The summed E-state index contributed by atoms with van der Waals surface area (Å²) in [6.45, 7) is 2.10. The van der Waals surface area contributed by atoms with Crippen LogP contribution in [-0.2, 0) is 6.42 Å². The number of pyridine rings is 1. The van der Waals surface area contributed by atoms with Crippen LogP contribution in [0.5, 0.6) is 0 Å². The number of anilines is 1. The molecule has 0 bridgehead atoms. The number of hydrogen-bond acceptors (Lipinski definition) is 4. The van der Waals surface area contributed by atoms with Crippen LogP contribution < -0.4 is 4.90 Å². The van der Waals surface area contributed by atoms with Crippen molar-refractivity contribution in [1.82, 2.24) is 9.97 Å². The number of aryl methyl sites for hydroxylation is 2. The van der Waals surface area contributed by atoms with Gasteiger partial charge < -0.3 is 0 Å². The molecule has 0 atom stereocenters. The SMILES string of the molecule is CCc1nc(C)c(C(=O)N(CC(F)(F)F)c2ccccn2)s1. The highest BCUT2D eigenvalue weighted by Gasteiger charge is 2.35. The third-order valence-corrected chi connectivity index (χ3v) is 4.14. The summed E-state index contributed by atoms with van der Waals surface area (Å²) in [5.41, 5.74) is 0.440. The average Bonchev–Trinajstić information content (AvgIpc) is 2.85. The van der Waals surface area contributed by atoms with E-state index in [1.54, 1.807) is 13.0 Å². The Kier molecular flexibility index (Phi) is 4.80. The zero-order valence-electron chi connectivity index (χ0n) is 12.0. The van der Waals surface area contributed by atoms with E-state index in [9.17, 15) is 18.0 Å². The molecule has 2 rings (SSSR count). The summed E-state index contributed by atoms with van der Waals surface area (Å²) in [5.74, 6) is -0.763. The van der Waals surface area contributed by atoms with Crippen molar-refractivity contribution in [1.29, 1.82) is 0 Å². The largest absolute Gasteiger partial charge is 0.406 e. The van der Waals surface area contributed by atoms with Crippen molar-refractivity contribution >= 4 is 23.1 Å². The molecule has 0 spiro atoms. The van der Waals surface area contributed by atoms with Crippen LogP contribution in [0.15, 0.2) is 24.4 Å². The van der Waals surface area contributed by atoms with Crippen LogP contribution in [0, 0.1) is 6.92 Å². The maximum absolute atomic E-state index is 12.8. The maximum Gasteiger partial charge on any atom is 0.406 e. The summed E-state index contributed by atoms with van der Waals surface area (Å²) < 4.78 is 38.4. The van der Waals surface area contributed by atoms with E-state index in [1.807, 2.05) is 6.92 Å². The molecule has 0 aliphatic heterocycles. The first-order valence-electron chi connectivity index (χ1n) is 6.57. The van der Waals surface area contributed by atoms with Crippen molar-refractivity contribution < 1.29 is 18.0 Å². The highest BCUT2D eigenvalue weighted by molar-refractivity contribution is 7.13. The van der Waals surface area contributed by atoms with Gasteiger partial charge in [0.25, 0.3) is 5.91 Å².